The van der Waals surface area contributed by atoms with Crippen LogP contribution in [0.15, 0.2) is 24.3 Å². The van der Waals surface area contributed by atoms with E-state index < -0.39 is 0 Å². The molecule has 0 spiro atoms. The Morgan fingerprint density at radius 1 is 1.42 bits per heavy atom. The molecule has 1 aliphatic heterocycles. The van der Waals surface area contributed by atoms with E-state index in [0.29, 0.717) is 0 Å². The largest absolute Gasteiger partial charge is 0.399 e. The summed E-state index contributed by atoms with van der Waals surface area (Å²) in [7, 11) is 0. The number of nitrogens with two attached hydrogens (primary N) is 1. The zero-order valence-corrected chi connectivity index (χ0v) is 11.6. The smallest absolute Gasteiger partial charge is 0.237 e. The minimum Gasteiger partial charge on any atom is -0.399 e. The van der Waals surface area contributed by atoms with Crippen LogP contribution >= 0.6 is 0 Å². The summed E-state index contributed by atoms with van der Waals surface area (Å²) in [6.45, 7) is 4.56. The van der Waals surface area contributed by atoms with E-state index in [0.717, 1.165) is 44.6 Å². The maximum absolute atomic E-state index is 12.1. The topological polar surface area (TPSA) is 58.4 Å². The van der Waals surface area contributed by atoms with Crippen molar-refractivity contribution in [2.24, 2.45) is 0 Å². The van der Waals surface area contributed by atoms with Crippen LogP contribution in [0.2, 0.25) is 0 Å². The number of amides is 1. The van der Waals surface area contributed by atoms with Gasteiger partial charge in [-0.3, -0.25) is 9.69 Å². The molecular weight excluding hydrogens is 238 g/mol. The summed E-state index contributed by atoms with van der Waals surface area (Å²) in [6, 6.07) is 7.89. The first-order valence-corrected chi connectivity index (χ1v) is 7.07. The highest BCUT2D eigenvalue weighted by atomic mass is 16.2. The first-order valence-electron chi connectivity index (χ1n) is 7.07. The number of likely N-dealkylation sites (N-methyl/N-ethyl adjacent to an activating group) is 1. The van der Waals surface area contributed by atoms with Crippen LogP contribution in [0.1, 0.15) is 31.7 Å². The molecule has 0 aliphatic carbocycles. The van der Waals surface area contributed by atoms with Gasteiger partial charge < -0.3 is 11.1 Å². The summed E-state index contributed by atoms with van der Waals surface area (Å²) in [4.78, 5) is 14.3. The first kappa shape index (κ1) is 13.9. The highest BCUT2D eigenvalue weighted by Gasteiger charge is 2.26. The first-order chi connectivity index (χ1) is 9.20. The van der Waals surface area contributed by atoms with Crippen molar-refractivity contribution in [3.63, 3.8) is 0 Å². The SMILES string of the molecule is CCN(Cc1cccc(N)c1)C1CCCCNC1=O. The predicted octanol–water partition coefficient (Wildman–Crippen LogP) is 1.76. The summed E-state index contributed by atoms with van der Waals surface area (Å²) in [5, 5.41) is 3.00. The van der Waals surface area contributed by atoms with Gasteiger partial charge in [0.25, 0.3) is 0 Å². The number of hydrogen-bond acceptors (Lipinski definition) is 3. The molecule has 4 nitrogen and oxygen atoms in total. The fourth-order valence-corrected chi connectivity index (χ4v) is 2.64. The van der Waals surface area contributed by atoms with Gasteiger partial charge in [0, 0.05) is 18.8 Å². The van der Waals surface area contributed by atoms with Gasteiger partial charge in [0.05, 0.1) is 6.04 Å². The molecule has 0 radical (unpaired) electrons. The Balaban J connectivity index is 2.08. The number of nitrogens with zero attached hydrogens (tertiary/aromatic N) is 1. The van der Waals surface area contributed by atoms with Gasteiger partial charge in [-0.25, -0.2) is 0 Å². The molecule has 0 saturated carbocycles. The van der Waals surface area contributed by atoms with Crippen LogP contribution in [0.5, 0.6) is 0 Å². The Kier molecular flexibility index (Phi) is 4.80. The van der Waals surface area contributed by atoms with Crippen molar-refractivity contribution >= 4 is 11.6 Å². The van der Waals surface area contributed by atoms with Crippen LogP contribution in [0, 0.1) is 0 Å². The molecule has 104 valence electrons. The second-order valence-corrected chi connectivity index (χ2v) is 5.11. The lowest BCUT2D eigenvalue weighted by atomic mass is 10.1. The van der Waals surface area contributed by atoms with Crippen molar-refractivity contribution in [3.8, 4) is 0 Å². The van der Waals surface area contributed by atoms with Crippen LogP contribution in [0.25, 0.3) is 0 Å². The van der Waals surface area contributed by atoms with Crippen molar-refractivity contribution < 1.29 is 4.79 Å². The van der Waals surface area contributed by atoms with Crippen molar-refractivity contribution in [3.05, 3.63) is 29.8 Å². The molecule has 3 N–H and O–H groups in total. The van der Waals surface area contributed by atoms with E-state index in [1.165, 1.54) is 5.56 Å². The van der Waals surface area contributed by atoms with Crippen LogP contribution < -0.4 is 11.1 Å². The maximum Gasteiger partial charge on any atom is 0.237 e. The molecule has 1 aliphatic rings. The Morgan fingerprint density at radius 3 is 3.00 bits per heavy atom. The molecule has 4 heteroatoms. The summed E-state index contributed by atoms with van der Waals surface area (Å²) in [6.07, 6.45) is 3.14. The van der Waals surface area contributed by atoms with E-state index in [1.54, 1.807) is 0 Å². The number of nitrogen functional groups attached to an aromatic ring is 1. The highest BCUT2D eigenvalue weighted by Crippen LogP contribution is 2.16. The zero-order valence-electron chi connectivity index (χ0n) is 11.6. The molecule has 1 aromatic rings. The van der Waals surface area contributed by atoms with Crippen molar-refractivity contribution in [2.45, 2.75) is 38.8 Å². The van der Waals surface area contributed by atoms with Gasteiger partial charge in [0.2, 0.25) is 5.91 Å². The van der Waals surface area contributed by atoms with Gasteiger partial charge >= 0.3 is 0 Å². The molecule has 1 aromatic carbocycles. The second-order valence-electron chi connectivity index (χ2n) is 5.11. The number of benzene rings is 1. The third-order valence-electron chi connectivity index (χ3n) is 3.69. The molecule has 1 unspecified atom stereocenters. The average molecular weight is 261 g/mol. The van der Waals surface area contributed by atoms with E-state index in [9.17, 15) is 4.79 Å². The number of carbonyl (C=O) groups is 1. The Hall–Kier alpha value is -1.55. The van der Waals surface area contributed by atoms with Crippen LogP contribution in [-0.2, 0) is 11.3 Å². The fourth-order valence-electron chi connectivity index (χ4n) is 2.64. The lowest BCUT2D eigenvalue weighted by molar-refractivity contribution is -0.126. The number of anilines is 1. The zero-order chi connectivity index (χ0) is 13.7. The van der Waals surface area contributed by atoms with Gasteiger partial charge in [-0.05, 0) is 43.5 Å². The Morgan fingerprint density at radius 2 is 2.26 bits per heavy atom. The molecule has 1 fully saturated rings. The minimum absolute atomic E-state index is 0.00562. The van der Waals surface area contributed by atoms with Crippen molar-refractivity contribution in [2.75, 3.05) is 18.8 Å². The minimum atomic E-state index is -0.00562. The van der Waals surface area contributed by atoms with Gasteiger partial charge in [-0.1, -0.05) is 19.1 Å². The molecule has 1 saturated heterocycles. The number of hydrogen-bond donors (Lipinski definition) is 2. The molecule has 19 heavy (non-hydrogen) atoms. The Bertz CT molecular complexity index is 433. The van der Waals surface area contributed by atoms with Crippen LogP contribution in [0.3, 0.4) is 0 Å². The molecule has 1 atom stereocenters. The van der Waals surface area contributed by atoms with Gasteiger partial charge in [-0.15, -0.1) is 0 Å². The normalized spacial score (nSPS) is 20.1. The van der Waals surface area contributed by atoms with E-state index >= 15 is 0 Å². The number of nitrogens with one attached hydrogen (secondary N) is 1. The third-order valence-corrected chi connectivity index (χ3v) is 3.69. The molecule has 0 aromatic heterocycles. The quantitative estimate of drug-likeness (QED) is 0.812. The van der Waals surface area contributed by atoms with E-state index in [4.69, 9.17) is 5.73 Å². The van der Waals surface area contributed by atoms with E-state index in [2.05, 4.69) is 23.2 Å². The van der Waals surface area contributed by atoms with Gasteiger partial charge in [0.1, 0.15) is 0 Å². The lowest BCUT2D eigenvalue weighted by Crippen LogP contribution is -2.45. The maximum atomic E-state index is 12.1. The van der Waals surface area contributed by atoms with Crippen LogP contribution in [-0.4, -0.2) is 29.9 Å². The molecular formula is C15H23N3O. The highest BCUT2D eigenvalue weighted by molar-refractivity contribution is 5.81. The van der Waals surface area contributed by atoms with Gasteiger partial charge in [-0.2, -0.15) is 0 Å². The standard InChI is InChI=1S/C15H23N3O/c1-2-18(11-12-6-5-7-13(16)10-12)14-8-3-4-9-17-15(14)19/h5-7,10,14H,2-4,8-9,11,16H2,1H3,(H,17,19). The monoisotopic (exact) mass is 261 g/mol. The van der Waals surface area contributed by atoms with Crippen LogP contribution in [0.4, 0.5) is 5.69 Å². The molecule has 0 bridgehead atoms. The molecule has 1 amide bonds. The predicted molar refractivity (Wildman–Crippen MR) is 77.6 cm³/mol. The number of carbonyl (C=O) groups excluding carboxylic acids is 1. The fraction of sp³-hybridized carbons (Fsp3) is 0.533. The van der Waals surface area contributed by atoms with Gasteiger partial charge in [0.15, 0.2) is 0 Å². The lowest BCUT2D eigenvalue weighted by Gasteiger charge is -2.28. The van der Waals surface area contributed by atoms with E-state index in [-0.39, 0.29) is 11.9 Å². The Labute approximate surface area is 115 Å². The molecule has 1 heterocycles. The van der Waals surface area contributed by atoms with E-state index in [1.807, 2.05) is 18.2 Å². The summed E-state index contributed by atoms with van der Waals surface area (Å²) >= 11 is 0. The molecule has 2 rings (SSSR count). The van der Waals surface area contributed by atoms with Crippen molar-refractivity contribution in [1.29, 1.82) is 0 Å². The summed E-state index contributed by atoms with van der Waals surface area (Å²) in [5.74, 6) is 0.170. The number of rotatable bonds is 4. The average Bonchev–Trinajstić information content (AvgIpc) is 2.61. The summed E-state index contributed by atoms with van der Waals surface area (Å²) in [5.41, 5.74) is 7.75. The third kappa shape index (κ3) is 3.70. The second kappa shape index (κ2) is 6.57. The summed E-state index contributed by atoms with van der Waals surface area (Å²) < 4.78 is 0. The van der Waals surface area contributed by atoms with Crippen molar-refractivity contribution in [1.82, 2.24) is 10.2 Å².